The van der Waals surface area contributed by atoms with Gasteiger partial charge in [-0.25, -0.2) is 0 Å². The molecule has 0 aliphatic carbocycles. The second-order valence-corrected chi connectivity index (χ2v) is 9.54. The van der Waals surface area contributed by atoms with Crippen molar-refractivity contribution >= 4 is 17.3 Å². The third kappa shape index (κ3) is 5.06. The molecule has 3 heterocycles. The smallest absolute Gasteiger partial charge is 0.352 e. The largest absolute Gasteiger partial charge is 0.418 e. The molecule has 2 atom stereocenters. The van der Waals surface area contributed by atoms with E-state index in [2.05, 4.69) is 20.1 Å². The van der Waals surface area contributed by atoms with Crippen molar-refractivity contribution in [3.63, 3.8) is 0 Å². The first-order valence-corrected chi connectivity index (χ1v) is 12.0. The van der Waals surface area contributed by atoms with Crippen LogP contribution in [-0.2, 0) is 6.18 Å². The van der Waals surface area contributed by atoms with Crippen molar-refractivity contribution in [3.05, 3.63) is 82.9 Å². The molecule has 1 N–H and O–H groups in total. The van der Waals surface area contributed by atoms with Crippen LogP contribution in [0.25, 0.3) is 5.69 Å². The summed E-state index contributed by atoms with van der Waals surface area (Å²) in [5.74, 6) is 0. The number of aromatic nitrogens is 2. The van der Waals surface area contributed by atoms with Crippen LogP contribution in [-0.4, -0.2) is 51.6 Å². The van der Waals surface area contributed by atoms with Crippen molar-refractivity contribution in [2.24, 2.45) is 0 Å². The van der Waals surface area contributed by atoms with Crippen molar-refractivity contribution in [1.82, 2.24) is 24.7 Å². The maximum absolute atomic E-state index is 13.8. The van der Waals surface area contributed by atoms with E-state index in [1.807, 2.05) is 52.2 Å². The lowest BCUT2D eigenvalue weighted by Crippen LogP contribution is -2.32. The minimum Gasteiger partial charge on any atom is -0.352 e. The Morgan fingerprint density at radius 3 is 2.46 bits per heavy atom. The molecule has 0 spiro atoms. The summed E-state index contributed by atoms with van der Waals surface area (Å²) in [5.41, 5.74) is 2.75. The Balaban J connectivity index is 1.82. The quantitative estimate of drug-likeness (QED) is 0.437. The number of alkyl halides is 3. The summed E-state index contributed by atoms with van der Waals surface area (Å²) in [4.78, 5) is 8.84. The van der Waals surface area contributed by atoms with Crippen molar-refractivity contribution in [1.29, 1.82) is 0 Å². The van der Waals surface area contributed by atoms with Gasteiger partial charge in [-0.05, 0) is 89.0 Å². The van der Waals surface area contributed by atoms with E-state index in [9.17, 15) is 13.2 Å². The molecule has 1 saturated heterocycles. The third-order valence-corrected chi connectivity index (χ3v) is 6.79. The lowest BCUT2D eigenvalue weighted by Gasteiger charge is -2.28. The molecule has 0 radical (unpaired) electrons. The maximum Gasteiger partial charge on any atom is 0.418 e. The van der Waals surface area contributed by atoms with E-state index in [1.54, 1.807) is 16.8 Å². The fourth-order valence-corrected chi connectivity index (χ4v) is 5.24. The number of pyridine rings is 1. The first-order chi connectivity index (χ1) is 16.6. The number of hydrogen-bond donors (Lipinski definition) is 1. The first kappa shape index (κ1) is 25.2. The molecule has 3 aromatic rings. The highest BCUT2D eigenvalue weighted by molar-refractivity contribution is 7.80. The molecule has 1 fully saturated rings. The zero-order valence-electron chi connectivity index (χ0n) is 20.3. The zero-order chi connectivity index (χ0) is 25.3. The number of aryl methyl sites for hydroxylation is 1. The van der Waals surface area contributed by atoms with Crippen LogP contribution in [0.2, 0.25) is 0 Å². The summed E-state index contributed by atoms with van der Waals surface area (Å²) < 4.78 is 43.2. The standard InChI is InChI=1S/C26H30F3N5S/c1-17-16-19(18(2)34(17)22-12-6-5-10-20(22)26(27,28)29)24-23(21-11-7-8-13-30-21)31-25(35)33(24)15-9-14-32(3)4/h5-8,10-13,16,23-24H,9,14-15H2,1-4H3,(H,31,35)/t23-,24-/m1/s1. The molecule has 0 bridgehead atoms. The number of benzene rings is 1. The van der Waals surface area contributed by atoms with Gasteiger partial charge < -0.3 is 19.7 Å². The minimum absolute atomic E-state index is 0.128. The molecule has 0 amide bonds. The molecule has 4 rings (SSSR count). The third-order valence-electron chi connectivity index (χ3n) is 6.44. The van der Waals surface area contributed by atoms with E-state index in [0.29, 0.717) is 5.11 Å². The van der Waals surface area contributed by atoms with Gasteiger partial charge in [-0.15, -0.1) is 0 Å². The molecule has 0 unspecified atom stereocenters. The molecule has 2 aromatic heterocycles. The van der Waals surface area contributed by atoms with E-state index in [0.717, 1.165) is 48.2 Å². The SMILES string of the molecule is Cc1cc([C@@H]2[C@@H](c3ccccn3)NC(=S)N2CCCN(C)C)c(C)n1-c1ccccc1C(F)(F)F. The Morgan fingerprint density at radius 1 is 1.09 bits per heavy atom. The summed E-state index contributed by atoms with van der Waals surface area (Å²) in [7, 11) is 4.06. The minimum atomic E-state index is -4.45. The van der Waals surface area contributed by atoms with Gasteiger partial charge in [0.15, 0.2) is 5.11 Å². The monoisotopic (exact) mass is 501 g/mol. The molecular weight excluding hydrogens is 471 g/mol. The molecule has 5 nitrogen and oxygen atoms in total. The summed E-state index contributed by atoms with van der Waals surface area (Å²) in [5, 5.41) is 4.06. The van der Waals surface area contributed by atoms with Crippen LogP contribution in [0, 0.1) is 13.8 Å². The molecule has 9 heteroatoms. The highest BCUT2D eigenvalue weighted by Crippen LogP contribution is 2.42. The van der Waals surface area contributed by atoms with E-state index >= 15 is 0 Å². The summed E-state index contributed by atoms with van der Waals surface area (Å²) in [6.07, 6.45) is -1.81. The second kappa shape index (κ2) is 9.99. The Morgan fingerprint density at radius 2 is 1.80 bits per heavy atom. The Kier molecular flexibility index (Phi) is 7.19. The van der Waals surface area contributed by atoms with Gasteiger partial charge in [0.1, 0.15) is 0 Å². The molecule has 1 aliphatic heterocycles. The Bertz CT molecular complexity index is 1190. The first-order valence-electron chi connectivity index (χ1n) is 11.6. The van der Waals surface area contributed by atoms with Crippen LogP contribution in [0.5, 0.6) is 0 Å². The summed E-state index contributed by atoms with van der Waals surface area (Å²) >= 11 is 5.74. The van der Waals surface area contributed by atoms with Gasteiger partial charge >= 0.3 is 6.18 Å². The molecule has 1 aromatic carbocycles. The van der Waals surface area contributed by atoms with Gasteiger partial charge in [-0.2, -0.15) is 13.2 Å². The number of hydrogen-bond acceptors (Lipinski definition) is 3. The van der Waals surface area contributed by atoms with Gasteiger partial charge in [0.2, 0.25) is 0 Å². The summed E-state index contributed by atoms with van der Waals surface area (Å²) in [6, 6.07) is 13.0. The van der Waals surface area contributed by atoms with E-state index < -0.39 is 11.7 Å². The molecule has 35 heavy (non-hydrogen) atoms. The average molecular weight is 502 g/mol. The van der Waals surface area contributed by atoms with Crippen molar-refractivity contribution in [2.75, 3.05) is 27.2 Å². The molecule has 1 aliphatic rings. The lowest BCUT2D eigenvalue weighted by atomic mass is 9.96. The van der Waals surface area contributed by atoms with Gasteiger partial charge in [0.25, 0.3) is 0 Å². The number of rotatable bonds is 7. The predicted octanol–water partition coefficient (Wildman–Crippen LogP) is 5.43. The molecular formula is C26H30F3N5S. The Labute approximate surface area is 209 Å². The molecule has 186 valence electrons. The van der Waals surface area contributed by atoms with Crippen LogP contribution < -0.4 is 5.32 Å². The predicted molar refractivity (Wildman–Crippen MR) is 136 cm³/mol. The summed E-state index contributed by atoms with van der Waals surface area (Å²) in [6.45, 7) is 5.35. The van der Waals surface area contributed by atoms with Crippen LogP contribution in [0.15, 0.2) is 54.7 Å². The van der Waals surface area contributed by atoms with Crippen LogP contribution in [0.3, 0.4) is 0 Å². The zero-order valence-corrected chi connectivity index (χ0v) is 21.1. The van der Waals surface area contributed by atoms with Gasteiger partial charge in [-0.1, -0.05) is 18.2 Å². The van der Waals surface area contributed by atoms with Crippen molar-refractivity contribution < 1.29 is 13.2 Å². The number of nitrogens with one attached hydrogen (secondary N) is 1. The van der Waals surface area contributed by atoms with E-state index in [-0.39, 0.29) is 17.8 Å². The number of thiocarbonyl (C=S) groups is 1. The topological polar surface area (TPSA) is 36.3 Å². The van der Waals surface area contributed by atoms with Crippen LogP contribution >= 0.6 is 12.2 Å². The van der Waals surface area contributed by atoms with E-state index in [4.69, 9.17) is 12.2 Å². The second-order valence-electron chi connectivity index (χ2n) is 9.15. The highest BCUT2D eigenvalue weighted by Gasteiger charge is 2.41. The Hall–Kier alpha value is -2.91. The van der Waals surface area contributed by atoms with Gasteiger partial charge in [-0.3, -0.25) is 4.98 Å². The van der Waals surface area contributed by atoms with Crippen LogP contribution in [0.4, 0.5) is 13.2 Å². The van der Waals surface area contributed by atoms with Gasteiger partial charge in [0, 0.05) is 24.1 Å². The van der Waals surface area contributed by atoms with Crippen molar-refractivity contribution in [2.45, 2.75) is 38.5 Å². The number of para-hydroxylation sites is 1. The lowest BCUT2D eigenvalue weighted by molar-refractivity contribution is -0.137. The van der Waals surface area contributed by atoms with Crippen molar-refractivity contribution in [3.8, 4) is 5.69 Å². The average Bonchev–Trinajstić information content (AvgIpc) is 3.28. The van der Waals surface area contributed by atoms with Gasteiger partial charge in [0.05, 0.1) is 29.0 Å². The molecule has 0 saturated carbocycles. The maximum atomic E-state index is 13.8. The number of halogens is 3. The number of nitrogens with zero attached hydrogens (tertiary/aromatic N) is 4. The van der Waals surface area contributed by atoms with E-state index in [1.165, 1.54) is 12.1 Å². The fourth-order valence-electron chi connectivity index (χ4n) is 4.91. The normalized spacial score (nSPS) is 18.4. The fraction of sp³-hybridized carbons (Fsp3) is 0.385. The van der Waals surface area contributed by atoms with Crippen LogP contribution in [0.1, 0.15) is 46.7 Å². The highest BCUT2D eigenvalue weighted by atomic mass is 32.1.